The van der Waals surface area contributed by atoms with Crippen LogP contribution in [0.3, 0.4) is 0 Å². The topological polar surface area (TPSA) is 12.5 Å². The molecule has 1 atom stereocenters. The zero-order chi connectivity index (χ0) is 9.40. The predicted molar refractivity (Wildman–Crippen MR) is 57.0 cm³/mol. The normalized spacial score (nSPS) is 13.8. The van der Waals surface area contributed by atoms with E-state index in [9.17, 15) is 0 Å². The van der Waals surface area contributed by atoms with Crippen LogP contribution in [0.5, 0.6) is 0 Å². The molecule has 0 bridgehead atoms. The Morgan fingerprint density at radius 1 is 1.42 bits per heavy atom. The van der Waals surface area contributed by atoms with E-state index in [1.165, 1.54) is 13.0 Å². The van der Waals surface area contributed by atoms with E-state index in [4.69, 9.17) is 4.74 Å². The molecule has 0 saturated heterocycles. The molecule has 0 aromatic rings. The van der Waals surface area contributed by atoms with Crippen molar-refractivity contribution in [3.63, 3.8) is 0 Å². The SMILES string of the molecule is COCCCCN(C)CC(C)Br. The van der Waals surface area contributed by atoms with Crippen LogP contribution in [0.15, 0.2) is 0 Å². The van der Waals surface area contributed by atoms with E-state index >= 15 is 0 Å². The highest BCUT2D eigenvalue weighted by atomic mass is 79.9. The highest BCUT2D eigenvalue weighted by Gasteiger charge is 2.01. The van der Waals surface area contributed by atoms with Crippen LogP contribution in [-0.2, 0) is 4.74 Å². The maximum Gasteiger partial charge on any atom is 0.0462 e. The molecule has 0 aromatic heterocycles. The van der Waals surface area contributed by atoms with Crippen molar-refractivity contribution in [2.45, 2.75) is 24.6 Å². The van der Waals surface area contributed by atoms with Crippen molar-refractivity contribution in [3.8, 4) is 0 Å². The molecule has 12 heavy (non-hydrogen) atoms. The van der Waals surface area contributed by atoms with Crippen LogP contribution < -0.4 is 0 Å². The molecule has 0 fully saturated rings. The lowest BCUT2D eigenvalue weighted by atomic mass is 10.3. The van der Waals surface area contributed by atoms with Gasteiger partial charge in [0, 0.05) is 25.1 Å². The minimum absolute atomic E-state index is 0.588. The number of hydrogen-bond donors (Lipinski definition) is 0. The maximum absolute atomic E-state index is 4.98. The summed E-state index contributed by atoms with van der Waals surface area (Å²) in [5.41, 5.74) is 0. The summed E-state index contributed by atoms with van der Waals surface area (Å²) in [6.07, 6.45) is 2.39. The number of unbranched alkanes of at least 4 members (excludes halogenated alkanes) is 1. The molecular weight excluding hydrogens is 218 g/mol. The Bertz CT molecular complexity index is 98.5. The number of ether oxygens (including phenoxy) is 1. The second-order valence-electron chi connectivity index (χ2n) is 3.24. The molecule has 0 aliphatic heterocycles. The van der Waals surface area contributed by atoms with Crippen LogP contribution >= 0.6 is 15.9 Å². The molecule has 3 heteroatoms. The predicted octanol–water partition coefficient (Wildman–Crippen LogP) is 2.13. The fourth-order valence-electron chi connectivity index (χ4n) is 1.15. The van der Waals surface area contributed by atoms with Gasteiger partial charge in [-0.25, -0.2) is 0 Å². The number of halogens is 1. The summed E-state index contributed by atoms with van der Waals surface area (Å²) >= 11 is 3.53. The van der Waals surface area contributed by atoms with E-state index in [0.717, 1.165) is 19.6 Å². The third-order valence-electron chi connectivity index (χ3n) is 1.70. The van der Waals surface area contributed by atoms with Crippen molar-refractivity contribution in [2.75, 3.05) is 33.9 Å². The molecule has 0 rings (SSSR count). The van der Waals surface area contributed by atoms with Gasteiger partial charge in [0.05, 0.1) is 0 Å². The van der Waals surface area contributed by atoms with Gasteiger partial charge in [0.2, 0.25) is 0 Å². The molecule has 0 amide bonds. The molecule has 0 saturated carbocycles. The number of methoxy groups -OCH3 is 1. The van der Waals surface area contributed by atoms with Crippen LogP contribution in [0.25, 0.3) is 0 Å². The lowest BCUT2D eigenvalue weighted by molar-refractivity contribution is 0.187. The quantitative estimate of drug-likeness (QED) is 0.497. The molecule has 0 spiro atoms. The van der Waals surface area contributed by atoms with Gasteiger partial charge in [-0.15, -0.1) is 0 Å². The van der Waals surface area contributed by atoms with Gasteiger partial charge in [-0.05, 0) is 26.4 Å². The van der Waals surface area contributed by atoms with Gasteiger partial charge in [0.15, 0.2) is 0 Å². The Morgan fingerprint density at radius 2 is 2.08 bits per heavy atom. The molecular formula is C9H20BrNO. The van der Waals surface area contributed by atoms with Gasteiger partial charge in [-0.3, -0.25) is 0 Å². The lowest BCUT2D eigenvalue weighted by Crippen LogP contribution is -2.25. The molecule has 0 radical (unpaired) electrons. The number of nitrogens with zero attached hydrogens (tertiary/aromatic N) is 1. The van der Waals surface area contributed by atoms with Crippen LogP contribution in [0, 0.1) is 0 Å². The summed E-state index contributed by atoms with van der Waals surface area (Å²) in [6, 6.07) is 0. The molecule has 74 valence electrons. The van der Waals surface area contributed by atoms with Crippen LogP contribution in [0.2, 0.25) is 0 Å². The maximum atomic E-state index is 4.98. The first-order valence-electron chi connectivity index (χ1n) is 4.48. The summed E-state index contributed by atoms with van der Waals surface area (Å²) in [7, 11) is 3.91. The summed E-state index contributed by atoms with van der Waals surface area (Å²) < 4.78 is 4.98. The van der Waals surface area contributed by atoms with Crippen molar-refractivity contribution in [1.29, 1.82) is 0 Å². The summed E-state index contributed by atoms with van der Waals surface area (Å²) in [5, 5.41) is 0. The lowest BCUT2D eigenvalue weighted by Gasteiger charge is -2.17. The van der Waals surface area contributed by atoms with Crippen LogP contribution in [0.4, 0.5) is 0 Å². The minimum Gasteiger partial charge on any atom is -0.385 e. The van der Waals surface area contributed by atoms with Gasteiger partial charge < -0.3 is 9.64 Å². The van der Waals surface area contributed by atoms with Crippen molar-refractivity contribution in [2.24, 2.45) is 0 Å². The smallest absolute Gasteiger partial charge is 0.0462 e. The van der Waals surface area contributed by atoms with Gasteiger partial charge in [0.25, 0.3) is 0 Å². The van der Waals surface area contributed by atoms with Crippen molar-refractivity contribution in [1.82, 2.24) is 4.90 Å². The van der Waals surface area contributed by atoms with Crippen molar-refractivity contribution < 1.29 is 4.74 Å². The molecule has 0 N–H and O–H groups in total. The zero-order valence-electron chi connectivity index (χ0n) is 8.35. The van der Waals surface area contributed by atoms with Crippen molar-refractivity contribution in [3.05, 3.63) is 0 Å². The van der Waals surface area contributed by atoms with E-state index in [1.807, 2.05) is 0 Å². The highest BCUT2D eigenvalue weighted by Crippen LogP contribution is 2.01. The Morgan fingerprint density at radius 3 is 2.58 bits per heavy atom. The Labute approximate surface area is 84.4 Å². The average molecular weight is 238 g/mol. The van der Waals surface area contributed by atoms with Crippen molar-refractivity contribution >= 4 is 15.9 Å². The Hall–Kier alpha value is 0.400. The largest absolute Gasteiger partial charge is 0.385 e. The van der Waals surface area contributed by atoms with Crippen LogP contribution in [0.1, 0.15) is 19.8 Å². The van der Waals surface area contributed by atoms with Gasteiger partial charge in [-0.1, -0.05) is 22.9 Å². The Balaban J connectivity index is 3.14. The van der Waals surface area contributed by atoms with E-state index in [0.29, 0.717) is 4.83 Å². The molecule has 2 nitrogen and oxygen atoms in total. The van der Waals surface area contributed by atoms with E-state index in [1.54, 1.807) is 7.11 Å². The second-order valence-corrected chi connectivity index (χ2v) is 4.81. The fraction of sp³-hybridized carbons (Fsp3) is 1.00. The highest BCUT2D eigenvalue weighted by molar-refractivity contribution is 9.09. The van der Waals surface area contributed by atoms with Gasteiger partial charge in [0.1, 0.15) is 0 Å². The first kappa shape index (κ1) is 12.4. The molecule has 0 aromatic carbocycles. The van der Waals surface area contributed by atoms with Gasteiger partial charge in [-0.2, -0.15) is 0 Å². The number of rotatable bonds is 7. The fourth-order valence-corrected chi connectivity index (χ4v) is 1.64. The molecule has 1 unspecified atom stereocenters. The zero-order valence-corrected chi connectivity index (χ0v) is 9.93. The molecule has 0 heterocycles. The number of hydrogen-bond acceptors (Lipinski definition) is 2. The third-order valence-corrected chi connectivity index (χ3v) is 1.99. The third kappa shape index (κ3) is 8.50. The average Bonchev–Trinajstić information content (AvgIpc) is 1.97. The summed E-state index contributed by atoms with van der Waals surface area (Å²) in [4.78, 5) is 2.93. The van der Waals surface area contributed by atoms with E-state index < -0.39 is 0 Å². The molecule has 0 aliphatic carbocycles. The first-order valence-corrected chi connectivity index (χ1v) is 5.40. The number of alkyl halides is 1. The second kappa shape index (κ2) is 8.02. The monoisotopic (exact) mass is 237 g/mol. The van der Waals surface area contributed by atoms with Crippen LogP contribution in [-0.4, -0.2) is 43.6 Å². The summed E-state index contributed by atoms with van der Waals surface area (Å²) in [5.74, 6) is 0. The minimum atomic E-state index is 0.588. The standard InChI is InChI=1S/C9H20BrNO/c1-9(10)8-11(2)6-4-5-7-12-3/h9H,4-8H2,1-3H3. The first-order chi connectivity index (χ1) is 5.66. The molecule has 0 aliphatic rings. The van der Waals surface area contributed by atoms with Gasteiger partial charge >= 0.3 is 0 Å². The Kier molecular flexibility index (Phi) is 8.29. The van der Waals surface area contributed by atoms with E-state index in [-0.39, 0.29) is 0 Å². The summed E-state index contributed by atoms with van der Waals surface area (Å²) in [6.45, 7) is 5.34. The van der Waals surface area contributed by atoms with E-state index in [2.05, 4.69) is 34.8 Å².